The Bertz CT molecular complexity index is 1160. The number of methoxy groups -OCH3 is 1. The van der Waals surface area contributed by atoms with Crippen LogP contribution in [0.4, 0.5) is 0 Å². The second-order valence-corrected chi connectivity index (χ2v) is 8.76. The van der Waals surface area contributed by atoms with Crippen LogP contribution in [0.2, 0.25) is 0 Å². The standard InChI is InChI=1S/C23H21N3O2S2/c1-26(13-16-7-6-10-18(11-16)28-2)21(27)14-29-22-19-12-20(17-8-4-3-5-9-17)30-23(19)25-15-24-22/h3-12,15H,13-14H2,1-2H3. The summed E-state index contributed by atoms with van der Waals surface area (Å²) >= 11 is 3.09. The summed E-state index contributed by atoms with van der Waals surface area (Å²) < 4.78 is 5.26. The minimum absolute atomic E-state index is 0.0492. The van der Waals surface area contributed by atoms with Crippen LogP contribution < -0.4 is 4.74 Å². The number of carbonyl (C=O) groups excluding carboxylic acids is 1. The highest BCUT2D eigenvalue weighted by molar-refractivity contribution is 8.00. The maximum Gasteiger partial charge on any atom is 0.233 e. The number of ether oxygens (including phenoxy) is 1. The number of thiophene rings is 1. The lowest BCUT2D eigenvalue weighted by Gasteiger charge is -2.17. The molecule has 0 radical (unpaired) electrons. The van der Waals surface area contributed by atoms with Crippen molar-refractivity contribution in [3.8, 4) is 16.2 Å². The van der Waals surface area contributed by atoms with E-state index in [2.05, 4.69) is 28.2 Å². The Labute approximate surface area is 183 Å². The number of amides is 1. The summed E-state index contributed by atoms with van der Waals surface area (Å²) in [6.45, 7) is 0.534. The van der Waals surface area contributed by atoms with E-state index in [1.165, 1.54) is 11.8 Å². The Morgan fingerprint density at radius 3 is 2.73 bits per heavy atom. The van der Waals surface area contributed by atoms with Gasteiger partial charge in [-0.25, -0.2) is 9.97 Å². The molecule has 0 fully saturated rings. The molecule has 0 N–H and O–H groups in total. The molecule has 2 heterocycles. The van der Waals surface area contributed by atoms with Gasteiger partial charge in [0.15, 0.2) is 0 Å². The van der Waals surface area contributed by atoms with E-state index >= 15 is 0 Å². The Morgan fingerprint density at radius 1 is 1.10 bits per heavy atom. The van der Waals surface area contributed by atoms with Gasteiger partial charge in [-0.15, -0.1) is 11.3 Å². The van der Waals surface area contributed by atoms with Gasteiger partial charge in [0.2, 0.25) is 5.91 Å². The van der Waals surface area contributed by atoms with Gasteiger partial charge < -0.3 is 9.64 Å². The highest BCUT2D eigenvalue weighted by atomic mass is 32.2. The first-order valence-electron chi connectivity index (χ1n) is 9.43. The number of rotatable bonds is 7. The fraction of sp³-hybridized carbons (Fsp3) is 0.174. The van der Waals surface area contributed by atoms with Gasteiger partial charge in [0, 0.05) is 23.9 Å². The van der Waals surface area contributed by atoms with E-state index in [0.29, 0.717) is 12.3 Å². The van der Waals surface area contributed by atoms with Crippen LogP contribution in [0.25, 0.3) is 20.7 Å². The molecule has 7 heteroatoms. The zero-order valence-corrected chi connectivity index (χ0v) is 18.4. The van der Waals surface area contributed by atoms with E-state index in [4.69, 9.17) is 4.74 Å². The number of fused-ring (bicyclic) bond motifs is 1. The van der Waals surface area contributed by atoms with Gasteiger partial charge in [0.25, 0.3) is 0 Å². The van der Waals surface area contributed by atoms with E-state index in [9.17, 15) is 4.79 Å². The fourth-order valence-corrected chi connectivity index (χ4v) is 5.05. The summed E-state index contributed by atoms with van der Waals surface area (Å²) in [4.78, 5) is 25.3. The Balaban J connectivity index is 1.45. The molecule has 4 aromatic rings. The summed E-state index contributed by atoms with van der Waals surface area (Å²) in [5, 5.41) is 1.83. The van der Waals surface area contributed by atoms with Crippen LogP contribution in [0, 0.1) is 0 Å². The lowest BCUT2D eigenvalue weighted by atomic mass is 10.2. The van der Waals surface area contributed by atoms with Crippen molar-refractivity contribution in [1.29, 1.82) is 0 Å². The smallest absolute Gasteiger partial charge is 0.233 e. The molecule has 4 rings (SSSR count). The molecule has 2 aromatic carbocycles. The average molecular weight is 436 g/mol. The van der Waals surface area contributed by atoms with Gasteiger partial charge in [0.1, 0.15) is 21.9 Å². The van der Waals surface area contributed by atoms with Crippen LogP contribution in [0.5, 0.6) is 5.75 Å². The lowest BCUT2D eigenvalue weighted by Crippen LogP contribution is -2.27. The van der Waals surface area contributed by atoms with Gasteiger partial charge in [-0.05, 0) is 29.3 Å². The minimum atomic E-state index is 0.0492. The highest BCUT2D eigenvalue weighted by Crippen LogP contribution is 2.36. The second-order valence-electron chi connectivity index (χ2n) is 6.76. The number of nitrogens with zero attached hydrogens (tertiary/aromatic N) is 3. The number of benzene rings is 2. The largest absolute Gasteiger partial charge is 0.497 e. The highest BCUT2D eigenvalue weighted by Gasteiger charge is 2.14. The monoisotopic (exact) mass is 435 g/mol. The lowest BCUT2D eigenvalue weighted by molar-refractivity contribution is -0.127. The molecule has 0 atom stereocenters. The molecule has 5 nitrogen and oxygen atoms in total. The summed E-state index contributed by atoms with van der Waals surface area (Å²) in [5.41, 5.74) is 2.19. The van der Waals surface area contributed by atoms with Crippen LogP contribution in [-0.4, -0.2) is 40.7 Å². The van der Waals surface area contributed by atoms with Gasteiger partial charge in [-0.3, -0.25) is 4.79 Å². The molecule has 0 bridgehead atoms. The average Bonchev–Trinajstić information content (AvgIpc) is 3.23. The Morgan fingerprint density at radius 2 is 1.93 bits per heavy atom. The third kappa shape index (κ3) is 4.63. The van der Waals surface area contributed by atoms with Gasteiger partial charge in [-0.2, -0.15) is 0 Å². The van der Waals surface area contributed by atoms with E-state index in [-0.39, 0.29) is 5.91 Å². The molecule has 30 heavy (non-hydrogen) atoms. The molecular formula is C23H21N3O2S2. The second kappa shape index (κ2) is 9.28. The molecule has 0 unspecified atom stereocenters. The summed E-state index contributed by atoms with van der Waals surface area (Å²) in [6, 6.07) is 20.1. The zero-order chi connectivity index (χ0) is 20.9. The van der Waals surface area contributed by atoms with Gasteiger partial charge in [-0.1, -0.05) is 54.2 Å². The van der Waals surface area contributed by atoms with Crippen molar-refractivity contribution in [3.05, 3.63) is 72.6 Å². The van der Waals surface area contributed by atoms with Crippen molar-refractivity contribution in [2.75, 3.05) is 19.9 Å². The molecule has 0 aliphatic carbocycles. The van der Waals surface area contributed by atoms with Crippen molar-refractivity contribution in [2.45, 2.75) is 11.6 Å². The van der Waals surface area contributed by atoms with Crippen molar-refractivity contribution in [1.82, 2.24) is 14.9 Å². The first-order valence-corrected chi connectivity index (χ1v) is 11.2. The predicted molar refractivity (Wildman–Crippen MR) is 123 cm³/mol. The Hall–Kier alpha value is -2.90. The molecule has 0 aliphatic heterocycles. The van der Waals surface area contributed by atoms with Crippen LogP contribution in [0.15, 0.2) is 72.0 Å². The van der Waals surface area contributed by atoms with E-state index in [1.54, 1.807) is 29.7 Å². The summed E-state index contributed by atoms with van der Waals surface area (Å²) in [5.74, 6) is 1.16. The number of hydrogen-bond donors (Lipinski definition) is 0. The maximum atomic E-state index is 12.7. The van der Waals surface area contributed by atoms with Crippen molar-refractivity contribution < 1.29 is 9.53 Å². The van der Waals surface area contributed by atoms with Crippen LogP contribution >= 0.6 is 23.1 Å². The number of aromatic nitrogens is 2. The topological polar surface area (TPSA) is 55.3 Å². The Kier molecular flexibility index (Phi) is 6.30. The first kappa shape index (κ1) is 20.4. The normalized spacial score (nSPS) is 10.9. The third-order valence-corrected chi connectivity index (χ3v) is 6.75. The summed E-state index contributed by atoms with van der Waals surface area (Å²) in [7, 11) is 3.46. The van der Waals surface area contributed by atoms with Crippen molar-refractivity contribution in [2.24, 2.45) is 0 Å². The van der Waals surface area contributed by atoms with E-state index < -0.39 is 0 Å². The molecule has 0 aliphatic rings. The van der Waals surface area contributed by atoms with Gasteiger partial charge >= 0.3 is 0 Å². The molecule has 0 saturated carbocycles. The molecule has 0 spiro atoms. The zero-order valence-electron chi connectivity index (χ0n) is 16.7. The van der Waals surface area contributed by atoms with Crippen LogP contribution in [0.1, 0.15) is 5.56 Å². The number of hydrogen-bond acceptors (Lipinski definition) is 6. The number of thioether (sulfide) groups is 1. The predicted octanol–water partition coefficient (Wildman–Crippen LogP) is 5.12. The van der Waals surface area contributed by atoms with E-state index in [1.807, 2.05) is 49.5 Å². The molecular weight excluding hydrogens is 414 g/mol. The van der Waals surface area contributed by atoms with Crippen molar-refractivity contribution in [3.63, 3.8) is 0 Å². The quantitative estimate of drug-likeness (QED) is 0.298. The molecule has 1 amide bonds. The minimum Gasteiger partial charge on any atom is -0.497 e. The van der Waals surface area contributed by atoms with Crippen LogP contribution in [0.3, 0.4) is 0 Å². The summed E-state index contributed by atoms with van der Waals surface area (Å²) in [6.07, 6.45) is 1.57. The number of carbonyl (C=O) groups is 1. The molecule has 152 valence electrons. The third-order valence-electron chi connectivity index (χ3n) is 4.66. The molecule has 0 saturated heterocycles. The SMILES string of the molecule is COc1cccc(CN(C)C(=O)CSc2ncnc3sc(-c4ccccc4)cc23)c1. The van der Waals surface area contributed by atoms with Gasteiger partial charge in [0.05, 0.1) is 12.9 Å². The molecule has 2 aromatic heterocycles. The first-order chi connectivity index (χ1) is 14.6. The maximum absolute atomic E-state index is 12.7. The van der Waals surface area contributed by atoms with Crippen molar-refractivity contribution >= 4 is 39.2 Å². The fourth-order valence-electron chi connectivity index (χ4n) is 3.07. The van der Waals surface area contributed by atoms with E-state index in [0.717, 1.165) is 37.0 Å². The van der Waals surface area contributed by atoms with Crippen LogP contribution in [-0.2, 0) is 11.3 Å².